The third kappa shape index (κ3) is 7.72. The Morgan fingerprint density at radius 2 is 1.47 bits per heavy atom. The topological polar surface area (TPSA) is 158 Å². The van der Waals surface area contributed by atoms with Crippen LogP contribution in [-0.2, 0) is 31.9 Å². The molecule has 1 aliphatic heterocycles. The summed E-state index contributed by atoms with van der Waals surface area (Å²) in [5.41, 5.74) is 1.72. The molecule has 0 bridgehead atoms. The molecule has 2 N–H and O–H groups in total. The molecule has 0 saturated carbocycles. The number of carboxylic acids is 2. The van der Waals surface area contributed by atoms with E-state index >= 15 is 0 Å². The monoisotopic (exact) mass is 465 g/mol. The van der Waals surface area contributed by atoms with Gasteiger partial charge in [-0.15, -0.1) is 0 Å². The van der Waals surface area contributed by atoms with Gasteiger partial charge in [0.25, 0.3) is 5.69 Å². The summed E-state index contributed by atoms with van der Waals surface area (Å²) in [6, 6.07) is 15.7. The van der Waals surface area contributed by atoms with E-state index in [9.17, 15) is 18.5 Å². The average molecular weight is 465 g/mol. The van der Waals surface area contributed by atoms with Crippen molar-refractivity contribution >= 4 is 27.6 Å². The van der Waals surface area contributed by atoms with Gasteiger partial charge in [0.15, 0.2) is 0 Å². The normalized spacial score (nSPS) is 14.8. The minimum absolute atomic E-state index is 0.0126. The number of benzene rings is 2. The summed E-state index contributed by atoms with van der Waals surface area (Å²) in [4.78, 5) is 30.8. The average Bonchev–Trinajstić information content (AvgIpc) is 2.75. The maximum Gasteiger partial charge on any atom is 0.414 e. The molecule has 1 saturated heterocycles. The van der Waals surface area contributed by atoms with E-state index in [4.69, 9.17) is 19.8 Å². The van der Waals surface area contributed by atoms with E-state index in [1.165, 1.54) is 10.4 Å². The lowest BCUT2D eigenvalue weighted by Crippen LogP contribution is -2.48. The molecule has 1 fully saturated rings. The van der Waals surface area contributed by atoms with Gasteiger partial charge in [-0.3, -0.25) is 15.0 Å². The number of non-ortho nitro benzene ring substituents is 1. The van der Waals surface area contributed by atoms with Crippen LogP contribution in [0, 0.1) is 10.1 Å². The van der Waals surface area contributed by atoms with Crippen molar-refractivity contribution < 1.29 is 33.1 Å². The number of carboxylic acid groups (broad SMARTS) is 2. The SMILES string of the molecule is O=C(O)C(=O)O.O=[N+]([O-])c1cccc(CN2CCN(S(=O)(=O)Cc3ccccc3)CC2)c1. The molecule has 0 amide bonds. The van der Waals surface area contributed by atoms with Gasteiger partial charge in [0.1, 0.15) is 0 Å². The van der Waals surface area contributed by atoms with E-state index in [1.54, 1.807) is 12.1 Å². The van der Waals surface area contributed by atoms with Gasteiger partial charge in [-0.1, -0.05) is 42.5 Å². The summed E-state index contributed by atoms with van der Waals surface area (Å²) in [6.45, 7) is 2.66. The molecular formula is C20H23N3O8S. The zero-order valence-corrected chi connectivity index (χ0v) is 17.8. The summed E-state index contributed by atoms with van der Waals surface area (Å²) in [7, 11) is -3.33. The quantitative estimate of drug-likeness (QED) is 0.365. The molecule has 0 atom stereocenters. The van der Waals surface area contributed by atoms with Gasteiger partial charge in [0.05, 0.1) is 10.7 Å². The van der Waals surface area contributed by atoms with Crippen molar-refractivity contribution in [1.29, 1.82) is 0 Å². The third-order valence-corrected chi connectivity index (χ3v) is 6.48. The number of rotatable bonds is 6. The van der Waals surface area contributed by atoms with Crippen LogP contribution in [0.3, 0.4) is 0 Å². The Balaban J connectivity index is 0.000000534. The molecule has 1 aliphatic rings. The van der Waals surface area contributed by atoms with E-state index in [0.29, 0.717) is 32.7 Å². The number of aliphatic carboxylic acids is 2. The number of hydrogen-bond donors (Lipinski definition) is 2. The van der Waals surface area contributed by atoms with Crippen LogP contribution in [0.2, 0.25) is 0 Å². The van der Waals surface area contributed by atoms with Crippen molar-refractivity contribution in [3.8, 4) is 0 Å². The lowest BCUT2D eigenvalue weighted by Gasteiger charge is -2.34. The van der Waals surface area contributed by atoms with Crippen molar-refractivity contribution in [3.63, 3.8) is 0 Å². The lowest BCUT2D eigenvalue weighted by molar-refractivity contribution is -0.384. The second-order valence-electron chi connectivity index (χ2n) is 6.95. The summed E-state index contributed by atoms with van der Waals surface area (Å²) in [5, 5.41) is 25.6. The Morgan fingerprint density at radius 1 is 0.906 bits per heavy atom. The zero-order valence-electron chi connectivity index (χ0n) is 17.0. The van der Waals surface area contributed by atoms with Crippen molar-refractivity contribution in [1.82, 2.24) is 9.21 Å². The first kappa shape index (κ1) is 24.9. The molecule has 32 heavy (non-hydrogen) atoms. The summed E-state index contributed by atoms with van der Waals surface area (Å²) in [5.74, 6) is -3.64. The molecule has 12 heteroatoms. The van der Waals surface area contributed by atoms with Crippen molar-refractivity contribution in [2.75, 3.05) is 26.2 Å². The van der Waals surface area contributed by atoms with Crippen LogP contribution >= 0.6 is 0 Å². The van der Waals surface area contributed by atoms with E-state index in [1.807, 2.05) is 36.4 Å². The molecule has 11 nitrogen and oxygen atoms in total. The third-order valence-electron chi connectivity index (χ3n) is 4.63. The molecule has 0 aliphatic carbocycles. The van der Waals surface area contributed by atoms with Gasteiger partial charge in [-0.2, -0.15) is 4.31 Å². The van der Waals surface area contributed by atoms with Crippen molar-refractivity contribution in [2.45, 2.75) is 12.3 Å². The van der Waals surface area contributed by atoms with Crippen molar-refractivity contribution in [2.24, 2.45) is 0 Å². The standard InChI is InChI=1S/C18H21N3O4S.C2H2O4/c22-21(23)18-8-4-7-17(13-18)14-19-9-11-20(12-10-19)26(24,25)15-16-5-2-1-3-6-16;3-1(4)2(5)6/h1-8,13H,9-12,14-15H2;(H,3,4)(H,5,6). The second kappa shape index (κ2) is 11.3. The number of nitrogens with zero attached hydrogens (tertiary/aromatic N) is 3. The maximum atomic E-state index is 12.6. The number of hydrogen-bond acceptors (Lipinski definition) is 7. The predicted molar refractivity (Wildman–Crippen MR) is 114 cm³/mol. The first-order chi connectivity index (χ1) is 15.1. The minimum Gasteiger partial charge on any atom is -0.473 e. The lowest BCUT2D eigenvalue weighted by atomic mass is 10.2. The van der Waals surface area contributed by atoms with Gasteiger partial charge < -0.3 is 10.2 Å². The van der Waals surface area contributed by atoms with E-state index in [0.717, 1.165) is 11.1 Å². The fourth-order valence-electron chi connectivity index (χ4n) is 3.07. The molecule has 0 aromatic heterocycles. The van der Waals surface area contributed by atoms with Gasteiger partial charge in [-0.25, -0.2) is 18.0 Å². The van der Waals surface area contributed by atoms with Crippen LogP contribution in [0.25, 0.3) is 0 Å². The van der Waals surface area contributed by atoms with Gasteiger partial charge >= 0.3 is 11.9 Å². The molecular weight excluding hydrogens is 442 g/mol. The Hall–Kier alpha value is -3.35. The molecule has 2 aromatic carbocycles. The summed E-state index contributed by atoms with van der Waals surface area (Å²) in [6.07, 6.45) is 0. The highest BCUT2D eigenvalue weighted by atomic mass is 32.2. The Labute approximate surface area is 184 Å². The molecule has 0 spiro atoms. The van der Waals surface area contributed by atoms with Crippen LogP contribution in [0.4, 0.5) is 5.69 Å². The van der Waals surface area contributed by atoms with Gasteiger partial charge in [-0.05, 0) is 11.1 Å². The van der Waals surface area contributed by atoms with Crippen LogP contribution in [0.15, 0.2) is 54.6 Å². The zero-order chi connectivity index (χ0) is 23.7. The number of piperazine rings is 1. The highest BCUT2D eigenvalue weighted by molar-refractivity contribution is 7.88. The Kier molecular flexibility index (Phi) is 8.81. The number of sulfonamides is 1. The predicted octanol–water partition coefficient (Wildman–Crippen LogP) is 1.40. The summed E-state index contributed by atoms with van der Waals surface area (Å²) >= 11 is 0. The van der Waals surface area contributed by atoms with Crippen LogP contribution in [0.5, 0.6) is 0 Å². The smallest absolute Gasteiger partial charge is 0.414 e. The number of nitro groups is 1. The van der Waals surface area contributed by atoms with Crippen LogP contribution in [0.1, 0.15) is 11.1 Å². The first-order valence-corrected chi connectivity index (χ1v) is 11.1. The van der Waals surface area contributed by atoms with Crippen LogP contribution in [-0.4, -0.2) is 70.9 Å². The van der Waals surface area contributed by atoms with Gasteiger partial charge in [0.2, 0.25) is 10.0 Å². The minimum atomic E-state index is -3.33. The second-order valence-corrected chi connectivity index (χ2v) is 8.92. The maximum absolute atomic E-state index is 12.6. The van der Waals surface area contributed by atoms with E-state index in [-0.39, 0.29) is 11.4 Å². The van der Waals surface area contributed by atoms with Crippen LogP contribution < -0.4 is 0 Å². The molecule has 2 aromatic rings. The molecule has 3 rings (SSSR count). The van der Waals surface area contributed by atoms with E-state index < -0.39 is 26.9 Å². The Morgan fingerprint density at radius 3 is 2.00 bits per heavy atom. The first-order valence-electron chi connectivity index (χ1n) is 9.52. The highest BCUT2D eigenvalue weighted by Crippen LogP contribution is 2.17. The Bertz CT molecular complexity index is 1040. The largest absolute Gasteiger partial charge is 0.473 e. The number of carbonyl (C=O) groups is 2. The molecule has 0 unspecified atom stereocenters. The molecule has 172 valence electrons. The molecule has 1 heterocycles. The van der Waals surface area contributed by atoms with Gasteiger partial charge in [0, 0.05) is 44.9 Å². The fraction of sp³-hybridized carbons (Fsp3) is 0.300. The fourth-order valence-corrected chi connectivity index (χ4v) is 4.58. The summed E-state index contributed by atoms with van der Waals surface area (Å²) < 4.78 is 26.7. The highest BCUT2D eigenvalue weighted by Gasteiger charge is 2.27. The van der Waals surface area contributed by atoms with E-state index in [2.05, 4.69) is 4.90 Å². The molecule has 0 radical (unpaired) electrons. The van der Waals surface area contributed by atoms with Crippen molar-refractivity contribution in [3.05, 3.63) is 75.8 Å². The number of nitro benzene ring substituents is 1.